The molecule has 1 fully saturated rings. The second-order valence-corrected chi connectivity index (χ2v) is 8.14. The fourth-order valence-electron chi connectivity index (χ4n) is 3.30. The van der Waals surface area contributed by atoms with Crippen LogP contribution in [0.25, 0.3) is 0 Å². The van der Waals surface area contributed by atoms with Crippen molar-refractivity contribution in [1.29, 1.82) is 0 Å². The summed E-state index contributed by atoms with van der Waals surface area (Å²) in [6.45, 7) is 2.41. The van der Waals surface area contributed by atoms with Crippen LogP contribution < -0.4 is 15.6 Å². The first-order chi connectivity index (χ1) is 13.8. The maximum Gasteiger partial charge on any atom is 0.344 e. The molecular weight excluding hydrogens is 388 g/mol. The molecule has 2 aromatic carbocycles. The maximum atomic E-state index is 12.8. The van der Waals surface area contributed by atoms with Gasteiger partial charge in [0, 0.05) is 10.5 Å². The fraction of sp³-hybridized carbons (Fsp3) is 0.286. The number of thioether (sulfide) groups is 1. The van der Waals surface area contributed by atoms with E-state index < -0.39 is 23.4 Å². The molecule has 2 aromatic rings. The van der Waals surface area contributed by atoms with E-state index in [2.05, 4.69) is 10.7 Å². The van der Waals surface area contributed by atoms with Crippen molar-refractivity contribution in [2.45, 2.75) is 23.9 Å². The minimum absolute atomic E-state index is 0.128. The highest BCUT2D eigenvalue weighted by Gasteiger charge is 2.50. The minimum atomic E-state index is -1.20. The normalized spacial score (nSPS) is 19.8. The van der Waals surface area contributed by atoms with E-state index in [1.54, 1.807) is 43.0 Å². The maximum absolute atomic E-state index is 12.8. The van der Waals surface area contributed by atoms with Crippen LogP contribution in [0.2, 0.25) is 0 Å². The molecule has 1 heterocycles. The molecule has 0 aromatic heterocycles. The number of nitrogens with one attached hydrogen (secondary N) is 3. The van der Waals surface area contributed by atoms with Gasteiger partial charge in [-0.3, -0.25) is 15.0 Å². The minimum Gasteiger partial charge on any atom is -0.326 e. The lowest BCUT2D eigenvalue weighted by molar-refractivity contribution is -0.885. The highest BCUT2D eigenvalue weighted by Crippen LogP contribution is 2.27. The summed E-state index contributed by atoms with van der Waals surface area (Å²) in [7, 11) is 1.89. The molecular formula is C21H25N4O3S+. The van der Waals surface area contributed by atoms with Crippen LogP contribution in [0.1, 0.15) is 18.1 Å². The monoisotopic (exact) mass is 413 g/mol. The molecule has 1 aliphatic rings. The zero-order valence-electron chi connectivity index (χ0n) is 16.7. The van der Waals surface area contributed by atoms with Gasteiger partial charge in [0.05, 0.1) is 7.05 Å². The predicted molar refractivity (Wildman–Crippen MR) is 111 cm³/mol. The number of benzene rings is 2. The van der Waals surface area contributed by atoms with Crippen LogP contribution in [-0.4, -0.2) is 42.7 Å². The third-order valence-corrected chi connectivity index (χ3v) is 5.65. The standard InChI is InChI=1S/C21H24N4O3S/c1-21(16-7-5-4-6-8-16)19(27)25(20(28)22-21)23-18(26)14-24(2)13-15-9-11-17(29-3)12-10-15/h4-12H,13-14H2,1-3H3,(H,22,28)(H,23,26)/p+1/t21-/m0/s1. The third kappa shape index (κ3) is 4.60. The van der Waals surface area contributed by atoms with E-state index in [0.717, 1.165) is 15.5 Å². The van der Waals surface area contributed by atoms with Crippen LogP contribution in [0.5, 0.6) is 0 Å². The average molecular weight is 414 g/mol. The molecule has 1 unspecified atom stereocenters. The summed E-state index contributed by atoms with van der Waals surface area (Å²) < 4.78 is 0. The number of hydrazine groups is 1. The second-order valence-electron chi connectivity index (χ2n) is 7.26. The van der Waals surface area contributed by atoms with Crippen LogP contribution in [0.4, 0.5) is 4.79 Å². The number of imide groups is 1. The number of likely N-dealkylation sites (N-methyl/N-ethyl adjacent to an activating group) is 1. The summed E-state index contributed by atoms with van der Waals surface area (Å²) in [5.74, 6) is -0.906. The summed E-state index contributed by atoms with van der Waals surface area (Å²) in [4.78, 5) is 39.7. The van der Waals surface area contributed by atoms with Crippen LogP contribution in [0.3, 0.4) is 0 Å². The molecule has 29 heavy (non-hydrogen) atoms. The van der Waals surface area contributed by atoms with Crippen LogP contribution >= 0.6 is 11.8 Å². The Labute approximate surface area is 174 Å². The lowest BCUT2D eigenvalue weighted by Gasteiger charge is -2.22. The van der Waals surface area contributed by atoms with Gasteiger partial charge in [0.15, 0.2) is 6.54 Å². The van der Waals surface area contributed by atoms with Crippen molar-refractivity contribution < 1.29 is 19.3 Å². The number of rotatable bonds is 7. The Balaban J connectivity index is 1.59. The summed E-state index contributed by atoms with van der Waals surface area (Å²) in [5.41, 5.74) is 3.01. The summed E-state index contributed by atoms with van der Waals surface area (Å²) >= 11 is 1.68. The van der Waals surface area contributed by atoms with Crippen molar-refractivity contribution in [1.82, 2.24) is 15.8 Å². The topological polar surface area (TPSA) is 82.9 Å². The van der Waals surface area contributed by atoms with Crippen molar-refractivity contribution in [3.63, 3.8) is 0 Å². The molecule has 0 radical (unpaired) electrons. The van der Waals surface area contributed by atoms with Crippen molar-refractivity contribution in [3.05, 3.63) is 65.7 Å². The van der Waals surface area contributed by atoms with E-state index in [0.29, 0.717) is 12.1 Å². The summed E-state index contributed by atoms with van der Waals surface area (Å²) in [5, 5.41) is 3.44. The number of carbonyl (C=O) groups is 3. The van der Waals surface area contributed by atoms with Gasteiger partial charge in [-0.15, -0.1) is 11.8 Å². The van der Waals surface area contributed by atoms with Gasteiger partial charge in [-0.1, -0.05) is 42.5 Å². The van der Waals surface area contributed by atoms with Crippen LogP contribution in [0.15, 0.2) is 59.5 Å². The van der Waals surface area contributed by atoms with E-state index in [1.807, 2.05) is 43.6 Å². The zero-order chi connectivity index (χ0) is 21.0. The summed E-state index contributed by atoms with van der Waals surface area (Å²) in [6, 6.07) is 16.5. The molecule has 0 spiro atoms. The number of quaternary nitrogens is 1. The molecule has 0 bridgehead atoms. The average Bonchev–Trinajstić information content (AvgIpc) is 2.93. The Morgan fingerprint density at radius 2 is 1.79 bits per heavy atom. The lowest BCUT2D eigenvalue weighted by Crippen LogP contribution is -3.09. The Morgan fingerprint density at radius 3 is 2.41 bits per heavy atom. The Kier molecular flexibility index (Phi) is 6.24. The van der Waals surface area contributed by atoms with Gasteiger partial charge in [-0.25, -0.2) is 4.79 Å². The van der Waals surface area contributed by atoms with Crippen LogP contribution in [0, 0.1) is 0 Å². The third-order valence-electron chi connectivity index (χ3n) is 4.91. The molecule has 0 aliphatic carbocycles. The molecule has 3 N–H and O–H groups in total. The Hall–Kier alpha value is -2.84. The largest absolute Gasteiger partial charge is 0.344 e. The van der Waals surface area contributed by atoms with Crippen molar-refractivity contribution >= 4 is 29.6 Å². The highest BCUT2D eigenvalue weighted by molar-refractivity contribution is 7.98. The van der Waals surface area contributed by atoms with Gasteiger partial charge in [0.1, 0.15) is 12.1 Å². The molecule has 4 amide bonds. The molecule has 152 valence electrons. The number of hydrogen-bond acceptors (Lipinski definition) is 4. The molecule has 0 saturated carbocycles. The first-order valence-corrected chi connectivity index (χ1v) is 10.5. The van der Waals surface area contributed by atoms with E-state index in [4.69, 9.17) is 0 Å². The quantitative estimate of drug-likeness (QED) is 0.466. The number of carbonyl (C=O) groups excluding carboxylic acids is 3. The SMILES string of the molecule is CSc1ccc(C[NH+](C)CC(=O)NN2C(=O)N[C@@](C)(c3ccccc3)C2=O)cc1. The van der Waals surface area contributed by atoms with Gasteiger partial charge in [-0.05, 0) is 30.9 Å². The molecule has 7 nitrogen and oxygen atoms in total. The van der Waals surface area contributed by atoms with E-state index >= 15 is 0 Å². The Bertz CT molecular complexity index is 904. The molecule has 8 heteroatoms. The molecule has 1 saturated heterocycles. The van der Waals surface area contributed by atoms with Crippen molar-refractivity contribution in [3.8, 4) is 0 Å². The van der Waals surface area contributed by atoms with E-state index in [9.17, 15) is 14.4 Å². The first-order valence-electron chi connectivity index (χ1n) is 9.29. The van der Waals surface area contributed by atoms with Gasteiger partial charge in [0.25, 0.3) is 11.8 Å². The predicted octanol–water partition coefficient (Wildman–Crippen LogP) is 0.922. The molecule has 1 aliphatic heterocycles. The summed E-state index contributed by atoms with van der Waals surface area (Å²) in [6.07, 6.45) is 2.02. The number of hydrogen-bond donors (Lipinski definition) is 3. The highest BCUT2D eigenvalue weighted by atomic mass is 32.2. The van der Waals surface area contributed by atoms with Crippen LogP contribution in [-0.2, 0) is 21.7 Å². The zero-order valence-corrected chi connectivity index (χ0v) is 17.5. The van der Waals surface area contributed by atoms with Crippen molar-refractivity contribution in [2.24, 2.45) is 0 Å². The second kappa shape index (κ2) is 8.67. The molecule has 3 rings (SSSR count). The number of amides is 4. The van der Waals surface area contributed by atoms with E-state index in [1.165, 1.54) is 4.90 Å². The number of urea groups is 1. The Morgan fingerprint density at radius 1 is 1.14 bits per heavy atom. The number of nitrogens with zero attached hydrogens (tertiary/aromatic N) is 1. The van der Waals surface area contributed by atoms with E-state index in [-0.39, 0.29) is 6.54 Å². The fourth-order valence-corrected chi connectivity index (χ4v) is 3.71. The van der Waals surface area contributed by atoms with Crippen molar-refractivity contribution in [2.75, 3.05) is 19.8 Å². The van der Waals surface area contributed by atoms with Gasteiger partial charge in [0.2, 0.25) is 0 Å². The smallest absolute Gasteiger partial charge is 0.326 e. The van der Waals surface area contributed by atoms with Gasteiger partial charge < -0.3 is 10.2 Å². The lowest BCUT2D eigenvalue weighted by atomic mass is 9.92. The molecule has 2 atom stereocenters. The van der Waals surface area contributed by atoms with Gasteiger partial charge >= 0.3 is 6.03 Å². The van der Waals surface area contributed by atoms with Gasteiger partial charge in [-0.2, -0.15) is 5.01 Å². The first kappa shape index (κ1) is 20.9.